The molecule has 1 aromatic heterocycles. The lowest BCUT2D eigenvalue weighted by Gasteiger charge is -2.13. The van der Waals surface area contributed by atoms with Crippen LogP contribution >= 0.6 is 0 Å². The largest absolute Gasteiger partial charge is 0.494 e. The fourth-order valence-corrected chi connectivity index (χ4v) is 4.97. The minimum atomic E-state index is -3.86. The number of ether oxygens (including phenoxy) is 1. The molecule has 0 bridgehead atoms. The number of carbonyl (C=O) groups is 2. The zero-order valence-corrected chi connectivity index (χ0v) is 22.1. The molecule has 0 saturated carbocycles. The summed E-state index contributed by atoms with van der Waals surface area (Å²) in [5.41, 5.74) is 3.58. The van der Waals surface area contributed by atoms with Gasteiger partial charge in [-0.15, -0.1) is 0 Å². The van der Waals surface area contributed by atoms with Gasteiger partial charge in [-0.3, -0.25) is 14.8 Å². The second-order valence-corrected chi connectivity index (χ2v) is 10.6. The lowest BCUT2D eigenvalue weighted by atomic mass is 10.0. The van der Waals surface area contributed by atoms with E-state index in [-0.39, 0.29) is 28.7 Å². The number of furan rings is 1. The topological polar surface area (TPSA) is 147 Å². The molecule has 0 radical (unpaired) electrons. The summed E-state index contributed by atoms with van der Waals surface area (Å²) in [6.07, 6.45) is 1.37. The van der Waals surface area contributed by atoms with Crippen molar-refractivity contribution >= 4 is 32.8 Å². The van der Waals surface area contributed by atoms with Gasteiger partial charge in [0.05, 0.1) is 11.5 Å². The minimum Gasteiger partial charge on any atom is -0.494 e. The van der Waals surface area contributed by atoms with E-state index in [2.05, 4.69) is 10.0 Å². The Hall–Kier alpha value is -4.19. The van der Waals surface area contributed by atoms with Crippen LogP contribution in [0.4, 0.5) is 0 Å². The van der Waals surface area contributed by atoms with E-state index >= 15 is 0 Å². The van der Waals surface area contributed by atoms with Crippen molar-refractivity contribution in [2.75, 3.05) is 13.2 Å². The van der Waals surface area contributed by atoms with Crippen molar-refractivity contribution in [2.45, 2.75) is 31.2 Å². The van der Waals surface area contributed by atoms with Gasteiger partial charge in [0.15, 0.2) is 5.76 Å². The van der Waals surface area contributed by atoms with E-state index in [0.29, 0.717) is 48.5 Å². The van der Waals surface area contributed by atoms with Crippen molar-refractivity contribution in [1.29, 1.82) is 0 Å². The summed E-state index contributed by atoms with van der Waals surface area (Å²) in [5, 5.41) is 12.7. The highest BCUT2D eigenvalue weighted by Crippen LogP contribution is 2.20. The Balaban J connectivity index is 1.21. The number of rotatable bonds is 12. The molecule has 0 aliphatic carbocycles. The molecular formula is C28H29N3O7S. The summed E-state index contributed by atoms with van der Waals surface area (Å²) in [4.78, 5) is 24.2. The standard InChI is InChI=1S/C28H29N3O7S/c1-19-7-6-9-23(27(32)31-34)24(19)18-30-39(35,36)22-13-11-21(12-14-22)37-16-5-4-15-29-28(33)26-17-20-8-2-3-10-25(20)38-26/h2-3,6-14,17,30,34H,4-5,15-16,18H2,1H3,(H,29,33)(H,31,32). The van der Waals surface area contributed by atoms with Gasteiger partial charge in [0, 0.05) is 24.0 Å². The van der Waals surface area contributed by atoms with Crippen molar-refractivity contribution < 1.29 is 32.4 Å². The highest BCUT2D eigenvalue weighted by molar-refractivity contribution is 7.89. The fraction of sp³-hybridized carbons (Fsp3) is 0.214. The third-order valence-corrected chi connectivity index (χ3v) is 7.52. The third-order valence-electron chi connectivity index (χ3n) is 6.10. The summed E-state index contributed by atoms with van der Waals surface area (Å²) in [7, 11) is -3.86. The summed E-state index contributed by atoms with van der Waals surface area (Å²) >= 11 is 0. The summed E-state index contributed by atoms with van der Waals surface area (Å²) < 4.78 is 39.3. The van der Waals surface area contributed by atoms with Gasteiger partial charge in [0.1, 0.15) is 11.3 Å². The molecule has 1 heterocycles. The van der Waals surface area contributed by atoms with Crippen molar-refractivity contribution in [3.8, 4) is 5.75 Å². The number of nitrogens with one attached hydrogen (secondary N) is 3. The van der Waals surface area contributed by atoms with Crippen molar-refractivity contribution in [2.24, 2.45) is 0 Å². The summed E-state index contributed by atoms with van der Waals surface area (Å²) in [6.45, 7) is 2.49. The smallest absolute Gasteiger partial charge is 0.287 e. The number of carbonyl (C=O) groups excluding carboxylic acids is 2. The number of sulfonamides is 1. The zero-order valence-electron chi connectivity index (χ0n) is 21.3. The highest BCUT2D eigenvalue weighted by Gasteiger charge is 2.18. The van der Waals surface area contributed by atoms with Gasteiger partial charge in [-0.1, -0.05) is 30.3 Å². The molecule has 3 aromatic carbocycles. The summed E-state index contributed by atoms with van der Waals surface area (Å²) in [5.74, 6) is -0.205. The maximum atomic E-state index is 12.8. The molecule has 0 atom stereocenters. The normalized spacial score (nSPS) is 11.3. The van der Waals surface area contributed by atoms with E-state index in [1.165, 1.54) is 18.2 Å². The maximum absolute atomic E-state index is 12.8. The molecule has 0 saturated heterocycles. The van der Waals surface area contributed by atoms with Crippen molar-refractivity contribution in [1.82, 2.24) is 15.5 Å². The van der Waals surface area contributed by atoms with Gasteiger partial charge in [-0.05, 0) is 73.4 Å². The molecule has 0 aliphatic rings. The number of unbranched alkanes of at least 4 members (excludes halogenated alkanes) is 1. The van der Waals surface area contributed by atoms with E-state index in [4.69, 9.17) is 14.4 Å². The second-order valence-electron chi connectivity index (χ2n) is 8.80. The molecule has 4 rings (SSSR count). The maximum Gasteiger partial charge on any atom is 0.287 e. The lowest BCUT2D eigenvalue weighted by Crippen LogP contribution is -2.27. The fourth-order valence-electron chi connectivity index (χ4n) is 3.98. The third kappa shape index (κ3) is 7.02. The van der Waals surface area contributed by atoms with Crippen LogP contribution in [0.3, 0.4) is 0 Å². The van der Waals surface area contributed by atoms with Gasteiger partial charge in [-0.2, -0.15) is 0 Å². The van der Waals surface area contributed by atoms with E-state index in [1.54, 1.807) is 42.7 Å². The number of hydroxylamine groups is 1. The van der Waals surface area contributed by atoms with Crippen LogP contribution in [0, 0.1) is 6.92 Å². The minimum absolute atomic E-state index is 0.0462. The van der Waals surface area contributed by atoms with Crippen LogP contribution in [0.25, 0.3) is 11.0 Å². The number of benzene rings is 3. The first-order valence-corrected chi connectivity index (χ1v) is 13.8. The van der Waals surface area contributed by atoms with Crippen molar-refractivity contribution in [3.63, 3.8) is 0 Å². The molecule has 39 heavy (non-hydrogen) atoms. The first-order chi connectivity index (χ1) is 18.8. The van der Waals surface area contributed by atoms with Gasteiger partial charge in [0.25, 0.3) is 11.8 Å². The molecule has 0 unspecified atom stereocenters. The van der Waals surface area contributed by atoms with Crippen LogP contribution in [0.2, 0.25) is 0 Å². The van der Waals surface area contributed by atoms with Crippen LogP contribution in [0.5, 0.6) is 5.75 Å². The van der Waals surface area contributed by atoms with Crippen LogP contribution < -0.4 is 20.3 Å². The number of fused-ring (bicyclic) bond motifs is 1. The Kier molecular flexibility index (Phi) is 8.97. The summed E-state index contributed by atoms with van der Waals surface area (Å²) in [6, 6.07) is 20.0. The molecule has 10 nitrogen and oxygen atoms in total. The van der Waals surface area contributed by atoms with E-state index in [1.807, 2.05) is 24.3 Å². The molecule has 0 spiro atoms. The van der Waals surface area contributed by atoms with Crippen LogP contribution in [-0.2, 0) is 16.6 Å². The molecule has 2 amide bonds. The van der Waals surface area contributed by atoms with Crippen LogP contribution in [-0.4, -0.2) is 38.6 Å². The highest BCUT2D eigenvalue weighted by atomic mass is 32.2. The number of hydrogen-bond acceptors (Lipinski definition) is 7. The number of hydrogen-bond donors (Lipinski definition) is 4. The molecule has 0 fully saturated rings. The monoisotopic (exact) mass is 551 g/mol. The van der Waals surface area contributed by atoms with Crippen LogP contribution in [0.1, 0.15) is 44.9 Å². The molecule has 4 aromatic rings. The predicted octanol–water partition coefficient (Wildman–Crippen LogP) is 3.93. The Bertz CT molecular complexity index is 1530. The molecule has 4 N–H and O–H groups in total. The van der Waals surface area contributed by atoms with Gasteiger partial charge in [0.2, 0.25) is 10.0 Å². The van der Waals surface area contributed by atoms with E-state index in [9.17, 15) is 18.0 Å². The van der Waals surface area contributed by atoms with Crippen molar-refractivity contribution in [3.05, 3.63) is 95.2 Å². The molecular weight excluding hydrogens is 522 g/mol. The number of aryl methyl sites for hydroxylation is 1. The average molecular weight is 552 g/mol. The van der Waals surface area contributed by atoms with Gasteiger partial charge < -0.3 is 14.5 Å². The Labute approximate surface area is 226 Å². The predicted molar refractivity (Wildman–Crippen MR) is 144 cm³/mol. The average Bonchev–Trinajstić information content (AvgIpc) is 3.38. The zero-order chi connectivity index (χ0) is 27.8. The Morgan fingerprint density at radius 2 is 1.72 bits per heavy atom. The molecule has 204 valence electrons. The van der Waals surface area contributed by atoms with Crippen LogP contribution in [0.15, 0.2) is 82.1 Å². The van der Waals surface area contributed by atoms with E-state index < -0.39 is 15.9 Å². The first-order valence-electron chi connectivity index (χ1n) is 12.3. The molecule has 0 aliphatic heterocycles. The Morgan fingerprint density at radius 3 is 2.46 bits per heavy atom. The van der Waals surface area contributed by atoms with Gasteiger partial charge in [-0.25, -0.2) is 18.6 Å². The van der Waals surface area contributed by atoms with Gasteiger partial charge >= 0.3 is 0 Å². The lowest BCUT2D eigenvalue weighted by molar-refractivity contribution is 0.0705. The number of amides is 2. The number of para-hydroxylation sites is 1. The van der Waals surface area contributed by atoms with E-state index in [0.717, 1.165) is 5.39 Å². The quantitative estimate of drug-likeness (QED) is 0.119. The first kappa shape index (κ1) is 27.8. The second kappa shape index (κ2) is 12.6. The SMILES string of the molecule is Cc1cccc(C(=O)NO)c1CNS(=O)(=O)c1ccc(OCCCCNC(=O)c2cc3ccccc3o2)cc1. The molecule has 11 heteroatoms. The Morgan fingerprint density at radius 1 is 0.949 bits per heavy atom.